The number of aryl methyl sites for hydroxylation is 1. The molecule has 2 N–H and O–H groups in total. The molecular formula is C13H13NO2. The molecule has 0 saturated heterocycles. The Bertz CT molecular complexity index is 538. The summed E-state index contributed by atoms with van der Waals surface area (Å²) >= 11 is 0. The molecule has 0 spiro atoms. The van der Waals surface area contributed by atoms with Crippen LogP contribution in [0.15, 0.2) is 30.3 Å². The van der Waals surface area contributed by atoms with Gasteiger partial charge >= 0.3 is 0 Å². The number of nitrogens with zero attached hydrogens (tertiary/aromatic N) is 1. The van der Waals surface area contributed by atoms with Gasteiger partial charge < -0.3 is 10.2 Å². The third kappa shape index (κ3) is 1.40. The van der Waals surface area contributed by atoms with E-state index in [1.807, 2.05) is 30.3 Å². The van der Waals surface area contributed by atoms with Crippen molar-refractivity contribution < 1.29 is 10.2 Å². The molecular weight excluding hydrogens is 202 g/mol. The second kappa shape index (κ2) is 3.54. The van der Waals surface area contributed by atoms with Crippen LogP contribution in [0.5, 0.6) is 0 Å². The number of hydrogen-bond donors (Lipinski definition) is 2. The van der Waals surface area contributed by atoms with Crippen LogP contribution in [-0.2, 0) is 6.42 Å². The molecule has 1 aliphatic carbocycles. The van der Waals surface area contributed by atoms with Crippen molar-refractivity contribution in [2.75, 3.05) is 0 Å². The summed E-state index contributed by atoms with van der Waals surface area (Å²) in [4.78, 5) is 4.53. The largest absolute Gasteiger partial charge is 0.390 e. The van der Waals surface area contributed by atoms with Crippen LogP contribution < -0.4 is 0 Å². The molecule has 1 heterocycles. The number of pyridine rings is 1. The Morgan fingerprint density at radius 3 is 2.88 bits per heavy atom. The molecule has 2 aromatic rings. The first-order valence-electron chi connectivity index (χ1n) is 5.50. The van der Waals surface area contributed by atoms with Crippen molar-refractivity contribution in [2.24, 2.45) is 0 Å². The van der Waals surface area contributed by atoms with Crippen molar-refractivity contribution in [3.05, 3.63) is 41.6 Å². The van der Waals surface area contributed by atoms with Gasteiger partial charge in [-0.3, -0.25) is 4.98 Å². The van der Waals surface area contributed by atoms with Crippen LogP contribution in [0.2, 0.25) is 0 Å². The molecule has 2 atom stereocenters. The van der Waals surface area contributed by atoms with Crippen molar-refractivity contribution in [3.63, 3.8) is 0 Å². The maximum absolute atomic E-state index is 9.90. The van der Waals surface area contributed by atoms with Gasteiger partial charge in [0.05, 0.1) is 11.6 Å². The Balaban J connectivity index is 2.23. The molecule has 16 heavy (non-hydrogen) atoms. The van der Waals surface area contributed by atoms with E-state index >= 15 is 0 Å². The number of fused-ring (bicyclic) bond motifs is 2. The van der Waals surface area contributed by atoms with Crippen molar-refractivity contribution in [2.45, 2.75) is 25.0 Å². The van der Waals surface area contributed by atoms with Crippen molar-refractivity contribution >= 4 is 10.9 Å². The molecule has 3 heteroatoms. The topological polar surface area (TPSA) is 53.4 Å². The fourth-order valence-electron chi connectivity index (χ4n) is 2.28. The molecule has 1 aliphatic rings. The Morgan fingerprint density at radius 1 is 1.19 bits per heavy atom. The van der Waals surface area contributed by atoms with Crippen molar-refractivity contribution in [1.29, 1.82) is 0 Å². The summed E-state index contributed by atoms with van der Waals surface area (Å²) in [5.41, 5.74) is 2.64. The van der Waals surface area contributed by atoms with Gasteiger partial charge in [-0.1, -0.05) is 18.2 Å². The average Bonchev–Trinajstić information content (AvgIpc) is 2.32. The van der Waals surface area contributed by atoms with E-state index in [1.165, 1.54) is 0 Å². The van der Waals surface area contributed by atoms with Gasteiger partial charge in [0, 0.05) is 16.6 Å². The van der Waals surface area contributed by atoms with Gasteiger partial charge in [-0.15, -0.1) is 0 Å². The van der Waals surface area contributed by atoms with Gasteiger partial charge in [0.25, 0.3) is 0 Å². The molecule has 82 valence electrons. The van der Waals surface area contributed by atoms with Crippen LogP contribution in [0, 0.1) is 0 Å². The van der Waals surface area contributed by atoms with E-state index in [2.05, 4.69) is 4.98 Å². The molecule has 0 aliphatic heterocycles. The van der Waals surface area contributed by atoms with Gasteiger partial charge in [-0.25, -0.2) is 0 Å². The second-order valence-corrected chi connectivity index (χ2v) is 4.27. The number of para-hydroxylation sites is 1. The Morgan fingerprint density at radius 2 is 2.00 bits per heavy atom. The van der Waals surface area contributed by atoms with Crippen molar-refractivity contribution in [3.8, 4) is 0 Å². The summed E-state index contributed by atoms with van der Waals surface area (Å²) in [5.74, 6) is 0. The lowest BCUT2D eigenvalue weighted by molar-refractivity contribution is 0.00593. The summed E-state index contributed by atoms with van der Waals surface area (Å²) < 4.78 is 0. The number of benzene rings is 1. The van der Waals surface area contributed by atoms with E-state index in [1.54, 1.807) is 0 Å². The predicted molar refractivity (Wildman–Crippen MR) is 61.0 cm³/mol. The highest BCUT2D eigenvalue weighted by molar-refractivity contribution is 5.79. The molecule has 0 fully saturated rings. The third-order valence-electron chi connectivity index (χ3n) is 3.20. The summed E-state index contributed by atoms with van der Waals surface area (Å²) in [6, 6.07) is 9.77. The fourth-order valence-corrected chi connectivity index (χ4v) is 2.28. The molecule has 0 bridgehead atoms. The monoisotopic (exact) mass is 215 g/mol. The molecule has 0 amide bonds. The van der Waals surface area contributed by atoms with E-state index < -0.39 is 12.2 Å². The number of aromatic nitrogens is 1. The molecule has 0 radical (unpaired) electrons. The van der Waals surface area contributed by atoms with E-state index in [0.29, 0.717) is 6.42 Å². The van der Waals surface area contributed by atoms with Crippen LogP contribution in [0.25, 0.3) is 10.9 Å². The lowest BCUT2D eigenvalue weighted by atomic mass is 9.90. The minimum atomic E-state index is -0.791. The highest BCUT2D eigenvalue weighted by Gasteiger charge is 2.27. The van der Waals surface area contributed by atoms with Gasteiger partial charge in [0.1, 0.15) is 6.10 Å². The first kappa shape index (κ1) is 9.75. The molecule has 3 rings (SSSR count). The summed E-state index contributed by atoms with van der Waals surface area (Å²) in [5, 5.41) is 20.5. The summed E-state index contributed by atoms with van der Waals surface area (Å²) in [6.45, 7) is 0. The number of aliphatic hydroxyl groups excluding tert-OH is 2. The van der Waals surface area contributed by atoms with E-state index in [0.717, 1.165) is 28.6 Å². The zero-order chi connectivity index (χ0) is 11.1. The van der Waals surface area contributed by atoms with E-state index in [4.69, 9.17) is 0 Å². The first-order chi connectivity index (χ1) is 7.75. The van der Waals surface area contributed by atoms with Crippen LogP contribution in [0.3, 0.4) is 0 Å². The highest BCUT2D eigenvalue weighted by atomic mass is 16.3. The third-order valence-corrected chi connectivity index (χ3v) is 3.20. The number of hydrogen-bond acceptors (Lipinski definition) is 3. The molecule has 1 aromatic heterocycles. The van der Waals surface area contributed by atoms with Gasteiger partial charge in [-0.05, 0) is 25.0 Å². The van der Waals surface area contributed by atoms with E-state index in [-0.39, 0.29) is 0 Å². The molecule has 0 unspecified atom stereocenters. The van der Waals surface area contributed by atoms with Crippen molar-refractivity contribution in [1.82, 2.24) is 4.98 Å². The van der Waals surface area contributed by atoms with Gasteiger partial charge in [0.15, 0.2) is 0 Å². The van der Waals surface area contributed by atoms with Crippen LogP contribution >= 0.6 is 0 Å². The fraction of sp³-hybridized carbons (Fsp3) is 0.308. The number of rotatable bonds is 0. The Kier molecular flexibility index (Phi) is 2.16. The smallest absolute Gasteiger partial charge is 0.107 e. The first-order valence-corrected chi connectivity index (χ1v) is 5.50. The van der Waals surface area contributed by atoms with Crippen LogP contribution in [-0.4, -0.2) is 21.3 Å². The number of aliphatic hydroxyl groups is 2. The van der Waals surface area contributed by atoms with Crippen LogP contribution in [0.1, 0.15) is 23.8 Å². The highest BCUT2D eigenvalue weighted by Crippen LogP contribution is 2.31. The quantitative estimate of drug-likeness (QED) is 0.701. The minimum Gasteiger partial charge on any atom is -0.390 e. The predicted octanol–water partition coefficient (Wildman–Crippen LogP) is 1.58. The SMILES string of the molecule is O[C@H]1CCc2nc3ccccc3cc2[C@@H]1O. The van der Waals surface area contributed by atoms with Gasteiger partial charge in [0.2, 0.25) is 0 Å². The Labute approximate surface area is 93.4 Å². The zero-order valence-electron chi connectivity index (χ0n) is 8.80. The standard InChI is InChI=1S/C13H13NO2/c15-12-6-5-11-9(13(12)16)7-8-3-1-2-4-10(8)14-11/h1-4,7,12-13,15-16H,5-6H2/t12-,13-/m0/s1. The molecule has 0 saturated carbocycles. The average molecular weight is 215 g/mol. The lowest BCUT2D eigenvalue weighted by Crippen LogP contribution is -2.25. The normalized spacial score (nSPS) is 24.4. The second-order valence-electron chi connectivity index (χ2n) is 4.27. The summed E-state index contributed by atoms with van der Waals surface area (Å²) in [7, 11) is 0. The lowest BCUT2D eigenvalue weighted by Gasteiger charge is -2.25. The van der Waals surface area contributed by atoms with Gasteiger partial charge in [-0.2, -0.15) is 0 Å². The van der Waals surface area contributed by atoms with Crippen LogP contribution in [0.4, 0.5) is 0 Å². The minimum absolute atomic E-state index is 0.583. The zero-order valence-corrected chi connectivity index (χ0v) is 8.80. The molecule has 3 nitrogen and oxygen atoms in total. The molecule has 1 aromatic carbocycles. The summed E-state index contributed by atoms with van der Waals surface area (Å²) in [6.07, 6.45) is -0.130. The maximum Gasteiger partial charge on any atom is 0.107 e. The maximum atomic E-state index is 9.90. The van der Waals surface area contributed by atoms with E-state index in [9.17, 15) is 10.2 Å². The Hall–Kier alpha value is -1.45.